The summed E-state index contributed by atoms with van der Waals surface area (Å²) in [5.41, 5.74) is 4.63. The summed E-state index contributed by atoms with van der Waals surface area (Å²) in [5, 5.41) is 10.8. The third kappa shape index (κ3) is 4.92. The van der Waals surface area contributed by atoms with Crippen molar-refractivity contribution in [1.82, 2.24) is 25.4 Å². The second kappa shape index (κ2) is 8.80. The van der Waals surface area contributed by atoms with Crippen molar-refractivity contribution in [3.05, 3.63) is 77.9 Å². The van der Waals surface area contributed by atoms with Crippen LogP contribution in [0.5, 0.6) is 0 Å². The zero-order valence-electron chi connectivity index (χ0n) is 15.2. The van der Waals surface area contributed by atoms with E-state index in [1.54, 1.807) is 11.0 Å². The molecule has 3 rings (SSSR count). The maximum atomic E-state index is 4.67. The number of guanidine groups is 1. The van der Waals surface area contributed by atoms with E-state index in [-0.39, 0.29) is 0 Å². The molecule has 2 N–H and O–H groups in total. The molecule has 26 heavy (non-hydrogen) atoms. The number of aromatic nitrogens is 3. The molecule has 1 heterocycles. The molecule has 0 amide bonds. The van der Waals surface area contributed by atoms with Gasteiger partial charge in [0.25, 0.3) is 0 Å². The van der Waals surface area contributed by atoms with Gasteiger partial charge in [0, 0.05) is 13.1 Å². The van der Waals surface area contributed by atoms with Gasteiger partial charge >= 0.3 is 0 Å². The third-order valence-corrected chi connectivity index (χ3v) is 3.93. The van der Waals surface area contributed by atoms with Crippen molar-refractivity contribution < 1.29 is 0 Å². The molecule has 0 radical (unpaired) electrons. The fraction of sp³-hybridized carbons (Fsp3) is 0.250. The van der Waals surface area contributed by atoms with Gasteiger partial charge in [-0.05, 0) is 37.1 Å². The van der Waals surface area contributed by atoms with Gasteiger partial charge in [-0.1, -0.05) is 42.0 Å². The van der Waals surface area contributed by atoms with E-state index in [0.717, 1.165) is 18.2 Å². The molecular formula is C20H24N6. The second-order valence-corrected chi connectivity index (χ2v) is 6.04. The highest BCUT2D eigenvalue weighted by Crippen LogP contribution is 2.08. The second-order valence-electron chi connectivity index (χ2n) is 6.04. The lowest BCUT2D eigenvalue weighted by Gasteiger charge is -2.12. The maximum Gasteiger partial charge on any atom is 0.191 e. The van der Waals surface area contributed by atoms with E-state index in [2.05, 4.69) is 76.0 Å². The average molecular weight is 348 g/mol. The van der Waals surface area contributed by atoms with Crippen LogP contribution in [-0.4, -0.2) is 27.3 Å². The van der Waals surface area contributed by atoms with Crippen LogP contribution in [-0.2, 0) is 13.1 Å². The van der Waals surface area contributed by atoms with Gasteiger partial charge in [-0.2, -0.15) is 5.10 Å². The molecule has 0 saturated heterocycles. The SMILES string of the molecule is CCNC(=NCc1cccc(C)c1)NCc1ccc(-n2cncn2)cc1. The number of nitrogens with zero attached hydrogens (tertiary/aromatic N) is 4. The molecule has 0 spiro atoms. The molecule has 2 aromatic carbocycles. The Morgan fingerprint density at radius 1 is 1.08 bits per heavy atom. The minimum Gasteiger partial charge on any atom is -0.357 e. The molecule has 0 atom stereocenters. The minimum absolute atomic E-state index is 0.655. The predicted molar refractivity (Wildman–Crippen MR) is 104 cm³/mol. The van der Waals surface area contributed by atoms with E-state index in [1.807, 2.05) is 12.1 Å². The third-order valence-electron chi connectivity index (χ3n) is 3.93. The minimum atomic E-state index is 0.655. The molecule has 0 unspecified atom stereocenters. The molecule has 134 valence electrons. The van der Waals surface area contributed by atoms with Crippen LogP contribution in [0.1, 0.15) is 23.6 Å². The molecule has 1 aromatic heterocycles. The smallest absolute Gasteiger partial charge is 0.191 e. The van der Waals surface area contributed by atoms with Crippen LogP contribution >= 0.6 is 0 Å². The van der Waals surface area contributed by atoms with Crippen molar-refractivity contribution in [2.45, 2.75) is 26.9 Å². The van der Waals surface area contributed by atoms with E-state index >= 15 is 0 Å². The van der Waals surface area contributed by atoms with Crippen LogP contribution in [0.25, 0.3) is 5.69 Å². The van der Waals surface area contributed by atoms with Gasteiger partial charge in [-0.25, -0.2) is 14.7 Å². The first-order valence-electron chi connectivity index (χ1n) is 8.76. The molecule has 0 fully saturated rings. The number of aryl methyl sites for hydroxylation is 1. The Morgan fingerprint density at radius 3 is 2.62 bits per heavy atom. The van der Waals surface area contributed by atoms with Crippen molar-refractivity contribution in [3.8, 4) is 5.69 Å². The van der Waals surface area contributed by atoms with E-state index in [1.165, 1.54) is 23.0 Å². The summed E-state index contributed by atoms with van der Waals surface area (Å²) in [7, 11) is 0. The van der Waals surface area contributed by atoms with Crippen molar-refractivity contribution in [2.75, 3.05) is 6.54 Å². The number of nitrogens with one attached hydrogen (secondary N) is 2. The van der Waals surface area contributed by atoms with Crippen molar-refractivity contribution in [2.24, 2.45) is 4.99 Å². The molecule has 3 aromatic rings. The molecule has 6 nitrogen and oxygen atoms in total. The Labute approximate surface area is 154 Å². The molecule has 6 heteroatoms. The summed E-state index contributed by atoms with van der Waals surface area (Å²) in [6.45, 7) is 6.35. The largest absolute Gasteiger partial charge is 0.357 e. The van der Waals surface area contributed by atoms with Gasteiger partial charge in [0.15, 0.2) is 5.96 Å². The van der Waals surface area contributed by atoms with Crippen molar-refractivity contribution in [1.29, 1.82) is 0 Å². The fourth-order valence-corrected chi connectivity index (χ4v) is 2.62. The van der Waals surface area contributed by atoms with Crippen LogP contribution in [0, 0.1) is 6.92 Å². The normalized spacial score (nSPS) is 11.4. The zero-order chi connectivity index (χ0) is 18.2. The summed E-state index contributed by atoms with van der Waals surface area (Å²) < 4.78 is 1.74. The van der Waals surface area contributed by atoms with E-state index < -0.39 is 0 Å². The standard InChI is InChI=1S/C20H24N6/c1-3-22-20(24-13-18-6-4-5-16(2)11-18)23-12-17-7-9-19(10-8-17)26-15-21-14-25-26/h4-11,14-15H,3,12-13H2,1-2H3,(H2,22,23,24). The molecule has 0 aliphatic carbocycles. The van der Waals surface area contributed by atoms with Gasteiger partial charge in [-0.3, -0.25) is 0 Å². The van der Waals surface area contributed by atoms with Gasteiger partial charge in [0.2, 0.25) is 0 Å². The highest BCUT2D eigenvalue weighted by Gasteiger charge is 2.01. The monoisotopic (exact) mass is 348 g/mol. The van der Waals surface area contributed by atoms with Gasteiger partial charge in [0.1, 0.15) is 12.7 Å². The lowest BCUT2D eigenvalue weighted by atomic mass is 10.1. The Morgan fingerprint density at radius 2 is 1.92 bits per heavy atom. The van der Waals surface area contributed by atoms with Crippen molar-refractivity contribution in [3.63, 3.8) is 0 Å². The number of aliphatic imine (C=N–C) groups is 1. The molecule has 0 aliphatic rings. The quantitative estimate of drug-likeness (QED) is 0.531. The van der Waals surface area contributed by atoms with Gasteiger partial charge < -0.3 is 10.6 Å². The Kier molecular flexibility index (Phi) is 5.98. The molecule has 0 saturated carbocycles. The Balaban J connectivity index is 1.60. The molecule has 0 aliphatic heterocycles. The summed E-state index contributed by atoms with van der Waals surface area (Å²) in [5.74, 6) is 0.814. The van der Waals surface area contributed by atoms with Crippen molar-refractivity contribution >= 4 is 5.96 Å². The highest BCUT2D eigenvalue weighted by atomic mass is 15.3. The first-order chi connectivity index (χ1) is 12.7. The number of rotatable bonds is 6. The maximum absolute atomic E-state index is 4.67. The zero-order valence-corrected chi connectivity index (χ0v) is 15.2. The topological polar surface area (TPSA) is 67.1 Å². The van der Waals surface area contributed by atoms with E-state index in [0.29, 0.717) is 13.1 Å². The summed E-state index contributed by atoms with van der Waals surface area (Å²) in [4.78, 5) is 8.64. The summed E-state index contributed by atoms with van der Waals surface area (Å²) in [6, 6.07) is 16.6. The Hall–Kier alpha value is -3.15. The van der Waals surface area contributed by atoms with Crippen LogP contribution in [0.15, 0.2) is 66.2 Å². The highest BCUT2D eigenvalue weighted by molar-refractivity contribution is 5.79. The van der Waals surface area contributed by atoms with E-state index in [4.69, 9.17) is 0 Å². The molecule has 0 bridgehead atoms. The Bertz CT molecular complexity index is 837. The van der Waals surface area contributed by atoms with Gasteiger partial charge in [0.05, 0.1) is 12.2 Å². The summed E-state index contributed by atoms with van der Waals surface area (Å²) in [6.07, 6.45) is 3.22. The summed E-state index contributed by atoms with van der Waals surface area (Å²) >= 11 is 0. The van der Waals surface area contributed by atoms with Crippen LogP contribution in [0.2, 0.25) is 0 Å². The first kappa shape index (κ1) is 17.7. The fourth-order valence-electron chi connectivity index (χ4n) is 2.62. The van der Waals surface area contributed by atoms with Crippen LogP contribution in [0.3, 0.4) is 0 Å². The first-order valence-corrected chi connectivity index (χ1v) is 8.76. The predicted octanol–water partition coefficient (Wildman–Crippen LogP) is 2.83. The van der Waals surface area contributed by atoms with Gasteiger partial charge in [-0.15, -0.1) is 0 Å². The lowest BCUT2D eigenvalue weighted by molar-refractivity contribution is 0.814. The lowest BCUT2D eigenvalue weighted by Crippen LogP contribution is -2.36. The number of benzene rings is 2. The van der Waals surface area contributed by atoms with Crippen LogP contribution in [0.4, 0.5) is 0 Å². The molecular weight excluding hydrogens is 324 g/mol. The van der Waals surface area contributed by atoms with Crippen LogP contribution < -0.4 is 10.6 Å². The average Bonchev–Trinajstić information content (AvgIpc) is 3.19. The number of hydrogen-bond acceptors (Lipinski definition) is 3. The number of hydrogen-bond donors (Lipinski definition) is 2. The van der Waals surface area contributed by atoms with E-state index in [9.17, 15) is 0 Å².